The van der Waals surface area contributed by atoms with Gasteiger partial charge >= 0.3 is 0 Å². The van der Waals surface area contributed by atoms with Gasteiger partial charge in [-0.1, -0.05) is 61.0 Å². The average molecular weight is 471 g/mol. The van der Waals surface area contributed by atoms with Crippen molar-refractivity contribution in [1.29, 1.82) is 0 Å². The van der Waals surface area contributed by atoms with Gasteiger partial charge in [0, 0.05) is 5.02 Å². The summed E-state index contributed by atoms with van der Waals surface area (Å²) in [5.74, 6) is -0.0317. The molecule has 0 aromatic heterocycles. The number of benzene rings is 3. The lowest BCUT2D eigenvalue weighted by molar-refractivity contribution is -0.128. The van der Waals surface area contributed by atoms with Crippen molar-refractivity contribution in [2.24, 2.45) is 0 Å². The molecule has 0 saturated carbocycles. The Balaban J connectivity index is 1.63. The summed E-state index contributed by atoms with van der Waals surface area (Å²) in [4.78, 5) is 13.2. The van der Waals surface area contributed by atoms with Gasteiger partial charge in [0.15, 0.2) is 6.10 Å². The van der Waals surface area contributed by atoms with Crippen molar-refractivity contribution < 1.29 is 17.9 Å². The van der Waals surface area contributed by atoms with Crippen molar-refractivity contribution in [2.45, 2.75) is 30.4 Å². The van der Waals surface area contributed by atoms with E-state index in [0.29, 0.717) is 22.9 Å². The fourth-order valence-electron chi connectivity index (χ4n) is 3.67. The van der Waals surface area contributed by atoms with E-state index in [0.717, 1.165) is 5.56 Å². The highest BCUT2D eigenvalue weighted by atomic mass is 35.5. The van der Waals surface area contributed by atoms with Gasteiger partial charge in [0.05, 0.1) is 23.2 Å². The molecule has 1 N–H and O–H groups in total. The summed E-state index contributed by atoms with van der Waals surface area (Å²) in [6.07, 6.45) is -0.309. The van der Waals surface area contributed by atoms with Gasteiger partial charge in [-0.05, 0) is 48.4 Å². The largest absolute Gasteiger partial charge is 0.476 e. The van der Waals surface area contributed by atoms with Crippen LogP contribution in [0.25, 0.3) is 0 Å². The van der Waals surface area contributed by atoms with Crippen LogP contribution in [0.3, 0.4) is 0 Å². The normalized spacial score (nSPS) is 16.6. The highest BCUT2D eigenvalue weighted by molar-refractivity contribution is 7.92. The van der Waals surface area contributed by atoms with Crippen molar-refractivity contribution in [1.82, 2.24) is 5.32 Å². The SMILES string of the molecule is CC[C@@H](NC(=O)[C@@H]1CN(S(=O)(=O)c2ccc(Cl)cc2)c2ccccc2O1)c1ccccc1. The number of fused-ring (bicyclic) bond motifs is 1. The Morgan fingerprint density at radius 1 is 1.06 bits per heavy atom. The van der Waals surface area contributed by atoms with Crippen molar-refractivity contribution in [3.63, 3.8) is 0 Å². The molecule has 4 rings (SSSR count). The number of anilines is 1. The second-order valence-corrected chi connectivity index (χ2v) is 9.74. The summed E-state index contributed by atoms with van der Waals surface area (Å²) in [6, 6.07) is 22.2. The van der Waals surface area contributed by atoms with Gasteiger partial charge in [-0.2, -0.15) is 0 Å². The van der Waals surface area contributed by atoms with Gasteiger partial charge in [-0.25, -0.2) is 8.42 Å². The van der Waals surface area contributed by atoms with E-state index in [4.69, 9.17) is 16.3 Å². The van der Waals surface area contributed by atoms with E-state index >= 15 is 0 Å². The molecule has 2 atom stereocenters. The second-order valence-electron chi connectivity index (χ2n) is 7.44. The fraction of sp³-hybridized carbons (Fsp3) is 0.208. The fourth-order valence-corrected chi connectivity index (χ4v) is 5.27. The Morgan fingerprint density at radius 3 is 2.41 bits per heavy atom. The number of nitrogens with one attached hydrogen (secondary N) is 1. The lowest BCUT2D eigenvalue weighted by Crippen LogP contribution is -2.51. The Morgan fingerprint density at radius 2 is 1.72 bits per heavy atom. The Hall–Kier alpha value is -3.03. The van der Waals surface area contributed by atoms with Crippen LogP contribution in [0.1, 0.15) is 24.9 Å². The highest BCUT2D eigenvalue weighted by Crippen LogP contribution is 2.37. The van der Waals surface area contributed by atoms with Crippen LogP contribution in [0.4, 0.5) is 5.69 Å². The molecule has 3 aromatic rings. The van der Waals surface area contributed by atoms with Gasteiger partial charge < -0.3 is 10.1 Å². The van der Waals surface area contributed by atoms with E-state index in [9.17, 15) is 13.2 Å². The van der Waals surface area contributed by atoms with Crippen LogP contribution in [0.15, 0.2) is 83.8 Å². The maximum atomic E-state index is 13.4. The molecule has 1 aliphatic rings. The molecule has 1 heterocycles. The molecule has 166 valence electrons. The summed E-state index contributed by atoms with van der Waals surface area (Å²) in [7, 11) is -3.93. The Bertz CT molecular complexity index is 1200. The van der Waals surface area contributed by atoms with Crippen molar-refractivity contribution in [3.8, 4) is 5.75 Å². The Labute approximate surface area is 192 Å². The summed E-state index contributed by atoms with van der Waals surface area (Å²) < 4.78 is 34.0. The lowest BCUT2D eigenvalue weighted by atomic mass is 10.0. The third kappa shape index (κ3) is 4.45. The van der Waals surface area contributed by atoms with E-state index in [2.05, 4.69) is 5.32 Å². The zero-order valence-corrected chi connectivity index (χ0v) is 19.0. The van der Waals surface area contributed by atoms with Crippen LogP contribution >= 0.6 is 11.6 Å². The van der Waals surface area contributed by atoms with E-state index in [-0.39, 0.29) is 23.4 Å². The molecule has 6 nitrogen and oxygen atoms in total. The van der Waals surface area contributed by atoms with Crippen LogP contribution in [-0.4, -0.2) is 27.0 Å². The monoisotopic (exact) mass is 470 g/mol. The van der Waals surface area contributed by atoms with Gasteiger partial charge in [0.1, 0.15) is 5.75 Å². The number of hydrogen-bond acceptors (Lipinski definition) is 4. The predicted molar refractivity (Wildman–Crippen MR) is 124 cm³/mol. The molecule has 8 heteroatoms. The van der Waals surface area contributed by atoms with Crippen LogP contribution in [0, 0.1) is 0 Å². The molecular formula is C24H23ClN2O4S. The number of carbonyl (C=O) groups is 1. The van der Waals surface area contributed by atoms with Crippen LogP contribution in [-0.2, 0) is 14.8 Å². The number of ether oxygens (including phenoxy) is 1. The van der Waals surface area contributed by atoms with Crippen molar-refractivity contribution in [3.05, 3.63) is 89.4 Å². The van der Waals surface area contributed by atoms with Gasteiger partial charge in [-0.15, -0.1) is 0 Å². The molecule has 1 aliphatic heterocycles. The molecule has 0 aliphatic carbocycles. The summed E-state index contributed by atoms with van der Waals surface area (Å²) in [5.41, 5.74) is 1.37. The highest BCUT2D eigenvalue weighted by Gasteiger charge is 2.38. The zero-order chi connectivity index (χ0) is 22.7. The summed E-state index contributed by atoms with van der Waals surface area (Å²) >= 11 is 5.92. The molecule has 32 heavy (non-hydrogen) atoms. The minimum atomic E-state index is -3.93. The quantitative estimate of drug-likeness (QED) is 0.572. The average Bonchev–Trinajstić information content (AvgIpc) is 2.82. The molecular weight excluding hydrogens is 448 g/mol. The molecule has 0 unspecified atom stereocenters. The first kappa shape index (κ1) is 22.2. The number of hydrogen-bond donors (Lipinski definition) is 1. The van der Waals surface area contributed by atoms with Crippen LogP contribution in [0.5, 0.6) is 5.75 Å². The minimum Gasteiger partial charge on any atom is -0.476 e. The molecule has 0 spiro atoms. The third-order valence-corrected chi connectivity index (χ3v) is 7.40. The first-order valence-corrected chi connectivity index (χ1v) is 12.1. The van der Waals surface area contributed by atoms with Gasteiger partial charge in [-0.3, -0.25) is 9.10 Å². The first-order valence-electron chi connectivity index (χ1n) is 10.3. The number of rotatable bonds is 6. The molecule has 3 aromatic carbocycles. The standard InChI is InChI=1S/C24H23ClN2O4S/c1-2-20(17-8-4-3-5-9-17)26-24(28)23-16-27(21-10-6-7-11-22(21)31-23)32(29,30)19-14-12-18(25)13-15-19/h3-15,20,23H,2,16H2,1H3,(H,26,28)/t20-,23+/m1/s1. The zero-order valence-electron chi connectivity index (χ0n) is 17.4. The smallest absolute Gasteiger partial charge is 0.264 e. The van der Waals surface area contributed by atoms with E-state index in [1.165, 1.54) is 28.6 Å². The third-order valence-electron chi connectivity index (χ3n) is 5.36. The molecule has 0 bridgehead atoms. The maximum Gasteiger partial charge on any atom is 0.264 e. The number of carbonyl (C=O) groups excluding carboxylic acids is 1. The second kappa shape index (κ2) is 9.22. The first-order chi connectivity index (χ1) is 15.4. The van der Waals surface area contributed by atoms with Crippen LogP contribution in [0.2, 0.25) is 5.02 Å². The number of nitrogens with zero attached hydrogens (tertiary/aromatic N) is 1. The lowest BCUT2D eigenvalue weighted by Gasteiger charge is -2.35. The van der Waals surface area contributed by atoms with E-state index < -0.39 is 16.1 Å². The maximum absolute atomic E-state index is 13.4. The number of para-hydroxylation sites is 2. The molecule has 0 radical (unpaired) electrons. The number of sulfonamides is 1. The molecule has 0 fully saturated rings. The molecule has 0 saturated heterocycles. The van der Waals surface area contributed by atoms with Crippen molar-refractivity contribution in [2.75, 3.05) is 10.8 Å². The topological polar surface area (TPSA) is 75.7 Å². The predicted octanol–water partition coefficient (Wildman–Crippen LogP) is 4.56. The van der Waals surface area contributed by atoms with E-state index in [1.807, 2.05) is 37.3 Å². The van der Waals surface area contributed by atoms with E-state index in [1.54, 1.807) is 24.3 Å². The van der Waals surface area contributed by atoms with Gasteiger partial charge in [0.25, 0.3) is 15.9 Å². The summed E-state index contributed by atoms with van der Waals surface area (Å²) in [5, 5.41) is 3.44. The van der Waals surface area contributed by atoms with Crippen molar-refractivity contribution >= 4 is 33.2 Å². The summed E-state index contributed by atoms with van der Waals surface area (Å²) in [6.45, 7) is 1.84. The number of halogens is 1. The Kier molecular flexibility index (Phi) is 6.39. The number of amides is 1. The molecule has 1 amide bonds. The minimum absolute atomic E-state index is 0.0912. The van der Waals surface area contributed by atoms with Gasteiger partial charge in [0.2, 0.25) is 0 Å². The van der Waals surface area contributed by atoms with Crippen LogP contribution < -0.4 is 14.4 Å².